The molecule has 1 aromatic rings. The lowest BCUT2D eigenvalue weighted by atomic mass is 10.1. The van der Waals surface area contributed by atoms with Crippen molar-refractivity contribution < 1.29 is 19.1 Å². The fourth-order valence-corrected chi connectivity index (χ4v) is 2.12. The van der Waals surface area contributed by atoms with E-state index in [1.807, 2.05) is 38.1 Å². The third-order valence-electron chi connectivity index (χ3n) is 3.27. The minimum atomic E-state index is -0.300. The van der Waals surface area contributed by atoms with E-state index in [0.29, 0.717) is 25.4 Å². The number of rotatable bonds is 8. The lowest BCUT2D eigenvalue weighted by Crippen LogP contribution is -2.37. The van der Waals surface area contributed by atoms with E-state index < -0.39 is 0 Å². The lowest BCUT2D eigenvalue weighted by molar-refractivity contribution is -0.141. The van der Waals surface area contributed by atoms with E-state index in [1.54, 1.807) is 12.0 Å². The van der Waals surface area contributed by atoms with Crippen LogP contribution in [0.3, 0.4) is 0 Å². The number of esters is 1. The Balaban J connectivity index is 2.66. The van der Waals surface area contributed by atoms with Crippen molar-refractivity contribution in [2.75, 3.05) is 27.3 Å². The topological polar surface area (TPSA) is 55.8 Å². The molecule has 0 N–H and O–H groups in total. The summed E-state index contributed by atoms with van der Waals surface area (Å²) < 4.78 is 9.74. The van der Waals surface area contributed by atoms with Crippen molar-refractivity contribution in [1.82, 2.24) is 4.90 Å². The Morgan fingerprint density at radius 1 is 1.14 bits per heavy atom. The van der Waals surface area contributed by atoms with Crippen LogP contribution in [0.5, 0.6) is 5.75 Å². The molecule has 1 amide bonds. The van der Waals surface area contributed by atoms with Gasteiger partial charge in [-0.2, -0.15) is 0 Å². The monoisotopic (exact) mass is 307 g/mol. The molecule has 0 saturated carbocycles. The second-order valence-corrected chi connectivity index (χ2v) is 5.58. The minimum absolute atomic E-state index is 0.0165. The van der Waals surface area contributed by atoms with Gasteiger partial charge in [0.05, 0.1) is 27.1 Å². The van der Waals surface area contributed by atoms with E-state index in [9.17, 15) is 9.59 Å². The van der Waals surface area contributed by atoms with Crippen LogP contribution in [-0.4, -0.2) is 44.1 Å². The van der Waals surface area contributed by atoms with Gasteiger partial charge < -0.3 is 14.4 Å². The summed E-state index contributed by atoms with van der Waals surface area (Å²) >= 11 is 0. The van der Waals surface area contributed by atoms with Gasteiger partial charge in [-0.15, -0.1) is 0 Å². The van der Waals surface area contributed by atoms with Gasteiger partial charge >= 0.3 is 5.97 Å². The quantitative estimate of drug-likeness (QED) is 0.691. The molecule has 0 atom stereocenters. The number of methoxy groups -OCH3 is 2. The van der Waals surface area contributed by atoms with Gasteiger partial charge in [-0.25, -0.2) is 0 Å². The molecule has 0 spiro atoms. The maximum absolute atomic E-state index is 12.4. The molecule has 0 aliphatic heterocycles. The molecule has 0 bridgehead atoms. The summed E-state index contributed by atoms with van der Waals surface area (Å²) in [6.07, 6.45) is 0.537. The highest BCUT2D eigenvalue weighted by Crippen LogP contribution is 2.13. The fraction of sp³-hybridized carbons (Fsp3) is 0.529. The van der Waals surface area contributed by atoms with Crippen LogP contribution in [0.2, 0.25) is 0 Å². The maximum Gasteiger partial charge on any atom is 0.307 e. The third-order valence-corrected chi connectivity index (χ3v) is 3.27. The minimum Gasteiger partial charge on any atom is -0.497 e. The second-order valence-electron chi connectivity index (χ2n) is 5.58. The zero-order valence-corrected chi connectivity index (χ0v) is 13.8. The molecule has 0 aromatic heterocycles. The summed E-state index contributed by atoms with van der Waals surface area (Å²) in [7, 11) is 2.96. The summed E-state index contributed by atoms with van der Waals surface area (Å²) in [4.78, 5) is 25.5. The largest absolute Gasteiger partial charge is 0.497 e. The predicted octanol–water partition coefficient (Wildman–Crippen LogP) is 2.29. The number of carbonyl (C=O) groups is 2. The van der Waals surface area contributed by atoms with Crippen LogP contribution in [0.15, 0.2) is 24.3 Å². The maximum atomic E-state index is 12.4. The summed E-state index contributed by atoms with van der Waals surface area (Å²) in [6.45, 7) is 5.11. The molecule has 122 valence electrons. The Morgan fingerprint density at radius 3 is 2.27 bits per heavy atom. The Morgan fingerprint density at radius 2 is 1.77 bits per heavy atom. The SMILES string of the molecule is COC(=O)CCN(CC(C)C)C(=O)Cc1ccc(OC)cc1. The van der Waals surface area contributed by atoms with Gasteiger partial charge in [0.2, 0.25) is 5.91 Å². The molecule has 0 radical (unpaired) electrons. The van der Waals surface area contributed by atoms with Crippen molar-refractivity contribution >= 4 is 11.9 Å². The van der Waals surface area contributed by atoms with Crippen LogP contribution >= 0.6 is 0 Å². The summed E-state index contributed by atoms with van der Waals surface area (Å²) in [5.74, 6) is 0.826. The molecule has 5 heteroatoms. The first-order valence-electron chi connectivity index (χ1n) is 7.43. The lowest BCUT2D eigenvalue weighted by Gasteiger charge is -2.24. The highest BCUT2D eigenvalue weighted by atomic mass is 16.5. The van der Waals surface area contributed by atoms with Crippen molar-refractivity contribution in [2.45, 2.75) is 26.7 Å². The molecule has 0 unspecified atom stereocenters. The molecule has 0 aliphatic rings. The fourth-order valence-electron chi connectivity index (χ4n) is 2.12. The van der Waals surface area contributed by atoms with E-state index in [1.165, 1.54) is 7.11 Å². The van der Waals surface area contributed by atoms with E-state index in [-0.39, 0.29) is 18.3 Å². The van der Waals surface area contributed by atoms with Gasteiger partial charge in [-0.3, -0.25) is 9.59 Å². The van der Waals surface area contributed by atoms with E-state index in [4.69, 9.17) is 4.74 Å². The average Bonchev–Trinajstić information content (AvgIpc) is 2.51. The Kier molecular flexibility index (Phi) is 7.43. The molecule has 1 rings (SSSR count). The molecular formula is C17H25NO4. The average molecular weight is 307 g/mol. The number of hydrogen-bond donors (Lipinski definition) is 0. The zero-order valence-electron chi connectivity index (χ0n) is 13.8. The zero-order chi connectivity index (χ0) is 16.5. The van der Waals surface area contributed by atoms with Gasteiger partial charge in [0.15, 0.2) is 0 Å². The van der Waals surface area contributed by atoms with E-state index in [2.05, 4.69) is 4.74 Å². The Labute approximate surface area is 132 Å². The standard InChI is InChI=1S/C17H25NO4/c1-13(2)12-18(10-9-17(20)22-4)16(19)11-14-5-7-15(21-3)8-6-14/h5-8,13H,9-12H2,1-4H3. The van der Waals surface area contributed by atoms with Crippen LogP contribution in [0.4, 0.5) is 0 Å². The van der Waals surface area contributed by atoms with Crippen molar-refractivity contribution in [2.24, 2.45) is 5.92 Å². The molecule has 1 aromatic carbocycles. The molecule has 22 heavy (non-hydrogen) atoms. The van der Waals surface area contributed by atoms with Gasteiger partial charge in [0, 0.05) is 13.1 Å². The number of hydrogen-bond acceptors (Lipinski definition) is 4. The number of amides is 1. The van der Waals surface area contributed by atoms with Crippen LogP contribution in [0, 0.1) is 5.92 Å². The number of nitrogens with zero attached hydrogens (tertiary/aromatic N) is 1. The number of carbonyl (C=O) groups excluding carboxylic acids is 2. The van der Waals surface area contributed by atoms with Crippen LogP contribution < -0.4 is 4.74 Å². The first-order valence-corrected chi connectivity index (χ1v) is 7.43. The first kappa shape index (κ1) is 18.0. The molecule has 0 aliphatic carbocycles. The summed E-state index contributed by atoms with van der Waals surface area (Å²) in [6, 6.07) is 7.43. The van der Waals surface area contributed by atoms with E-state index in [0.717, 1.165) is 11.3 Å². The van der Waals surface area contributed by atoms with Crippen molar-refractivity contribution in [3.05, 3.63) is 29.8 Å². The van der Waals surface area contributed by atoms with Crippen LogP contribution in [-0.2, 0) is 20.7 Å². The van der Waals surface area contributed by atoms with Gasteiger partial charge in [0.1, 0.15) is 5.75 Å². The van der Waals surface area contributed by atoms with Gasteiger partial charge in [-0.1, -0.05) is 26.0 Å². The highest BCUT2D eigenvalue weighted by Gasteiger charge is 2.17. The Bertz CT molecular complexity index is 482. The molecule has 5 nitrogen and oxygen atoms in total. The third kappa shape index (κ3) is 6.16. The van der Waals surface area contributed by atoms with Gasteiger partial charge in [0.25, 0.3) is 0 Å². The number of ether oxygens (including phenoxy) is 2. The molecule has 0 fully saturated rings. The molecule has 0 heterocycles. The summed E-state index contributed by atoms with van der Waals surface area (Å²) in [5, 5.41) is 0. The van der Waals surface area contributed by atoms with Crippen LogP contribution in [0.25, 0.3) is 0 Å². The van der Waals surface area contributed by atoms with Crippen molar-refractivity contribution in [3.63, 3.8) is 0 Å². The molecular weight excluding hydrogens is 282 g/mol. The van der Waals surface area contributed by atoms with Gasteiger partial charge in [-0.05, 0) is 23.6 Å². The normalized spacial score (nSPS) is 10.4. The Hall–Kier alpha value is -2.04. The second kappa shape index (κ2) is 9.07. The summed E-state index contributed by atoms with van der Waals surface area (Å²) in [5.41, 5.74) is 0.928. The molecule has 0 saturated heterocycles. The predicted molar refractivity (Wildman–Crippen MR) is 84.7 cm³/mol. The van der Waals surface area contributed by atoms with E-state index >= 15 is 0 Å². The van der Waals surface area contributed by atoms with Crippen LogP contribution in [0.1, 0.15) is 25.8 Å². The van der Waals surface area contributed by atoms with Crippen molar-refractivity contribution in [1.29, 1.82) is 0 Å². The first-order chi connectivity index (χ1) is 10.5. The smallest absolute Gasteiger partial charge is 0.307 e. The van der Waals surface area contributed by atoms with Crippen molar-refractivity contribution in [3.8, 4) is 5.75 Å². The highest BCUT2D eigenvalue weighted by molar-refractivity contribution is 5.79. The number of benzene rings is 1.